The van der Waals surface area contributed by atoms with Crippen LogP contribution in [-0.4, -0.2) is 38.2 Å². The Balaban J connectivity index is 1.63. The second-order valence-corrected chi connectivity index (χ2v) is 6.13. The van der Waals surface area contributed by atoms with Crippen molar-refractivity contribution in [1.82, 2.24) is 10.2 Å². The van der Waals surface area contributed by atoms with Gasteiger partial charge in [0.1, 0.15) is 5.75 Å². The first-order valence-corrected chi connectivity index (χ1v) is 6.79. The fourth-order valence-electron chi connectivity index (χ4n) is 3.15. The third-order valence-electron chi connectivity index (χ3n) is 3.95. The molecule has 3 nitrogen and oxygen atoms in total. The maximum Gasteiger partial charge on any atom is 0.119 e. The van der Waals surface area contributed by atoms with E-state index in [0.717, 1.165) is 45.0 Å². The fraction of sp³-hybridized carbons (Fsp3) is 0.600. The minimum absolute atomic E-state index is 0.336. The van der Waals surface area contributed by atoms with E-state index in [0.29, 0.717) is 5.41 Å². The van der Waals surface area contributed by atoms with E-state index < -0.39 is 0 Å². The van der Waals surface area contributed by atoms with Gasteiger partial charge in [-0.25, -0.2) is 0 Å². The van der Waals surface area contributed by atoms with Crippen LogP contribution in [0.1, 0.15) is 18.1 Å². The average Bonchev–Trinajstić information content (AvgIpc) is 2.34. The van der Waals surface area contributed by atoms with E-state index in [2.05, 4.69) is 42.4 Å². The third kappa shape index (κ3) is 2.38. The Kier molecular flexibility index (Phi) is 3.04. The van der Waals surface area contributed by atoms with Gasteiger partial charge in [-0.2, -0.15) is 0 Å². The van der Waals surface area contributed by atoms with Crippen LogP contribution in [0.4, 0.5) is 0 Å². The number of likely N-dealkylation sites (tertiary alicyclic amines) is 1. The van der Waals surface area contributed by atoms with Gasteiger partial charge in [0.05, 0.1) is 6.61 Å². The molecule has 2 aliphatic rings. The normalized spacial score (nSPS) is 22.1. The number of hydrogen-bond donors (Lipinski definition) is 1. The standard InChI is InChI=1S/C15H22N2O/c1-15(9-17(2)10-15)11-18-14-4-3-12-5-6-16-8-13(12)7-14/h3-4,7,16H,5-6,8-11H2,1-2H3. The molecule has 1 N–H and O–H groups in total. The van der Waals surface area contributed by atoms with Gasteiger partial charge in [-0.05, 0) is 43.3 Å². The topological polar surface area (TPSA) is 24.5 Å². The quantitative estimate of drug-likeness (QED) is 0.878. The van der Waals surface area contributed by atoms with Gasteiger partial charge in [0.15, 0.2) is 0 Å². The van der Waals surface area contributed by atoms with Crippen LogP contribution < -0.4 is 10.1 Å². The molecule has 0 aromatic heterocycles. The number of rotatable bonds is 3. The molecule has 0 saturated carbocycles. The number of ether oxygens (including phenoxy) is 1. The maximum absolute atomic E-state index is 5.97. The van der Waals surface area contributed by atoms with Crippen molar-refractivity contribution in [1.29, 1.82) is 0 Å². The molecule has 0 atom stereocenters. The average molecular weight is 246 g/mol. The predicted molar refractivity (Wildman–Crippen MR) is 73.0 cm³/mol. The summed E-state index contributed by atoms with van der Waals surface area (Å²) in [4.78, 5) is 2.33. The van der Waals surface area contributed by atoms with E-state index in [1.54, 1.807) is 0 Å². The van der Waals surface area contributed by atoms with Crippen molar-refractivity contribution in [2.24, 2.45) is 5.41 Å². The monoisotopic (exact) mass is 246 g/mol. The van der Waals surface area contributed by atoms with Crippen LogP contribution in [0.3, 0.4) is 0 Å². The Hall–Kier alpha value is -1.06. The summed E-state index contributed by atoms with van der Waals surface area (Å²) in [6, 6.07) is 6.55. The van der Waals surface area contributed by atoms with Crippen LogP contribution in [-0.2, 0) is 13.0 Å². The molecule has 3 heteroatoms. The molecule has 2 heterocycles. The first-order valence-electron chi connectivity index (χ1n) is 6.79. The first-order chi connectivity index (χ1) is 8.65. The van der Waals surface area contributed by atoms with Gasteiger partial charge in [-0.1, -0.05) is 13.0 Å². The van der Waals surface area contributed by atoms with Crippen LogP contribution in [0, 0.1) is 5.41 Å². The number of nitrogens with one attached hydrogen (secondary N) is 1. The van der Waals surface area contributed by atoms with Gasteiger partial charge >= 0.3 is 0 Å². The van der Waals surface area contributed by atoms with Crippen molar-refractivity contribution in [2.75, 3.05) is 33.3 Å². The van der Waals surface area contributed by atoms with Gasteiger partial charge in [-0.3, -0.25) is 0 Å². The highest BCUT2D eigenvalue weighted by Gasteiger charge is 2.37. The Morgan fingerprint density at radius 2 is 2.17 bits per heavy atom. The largest absolute Gasteiger partial charge is 0.493 e. The molecule has 0 bridgehead atoms. The van der Waals surface area contributed by atoms with E-state index >= 15 is 0 Å². The second-order valence-electron chi connectivity index (χ2n) is 6.13. The van der Waals surface area contributed by atoms with E-state index in [9.17, 15) is 0 Å². The van der Waals surface area contributed by atoms with Crippen molar-refractivity contribution in [3.05, 3.63) is 29.3 Å². The van der Waals surface area contributed by atoms with E-state index in [1.165, 1.54) is 11.1 Å². The van der Waals surface area contributed by atoms with Crippen LogP contribution in [0.5, 0.6) is 5.75 Å². The summed E-state index contributed by atoms with van der Waals surface area (Å²) in [6.07, 6.45) is 1.14. The highest BCUT2D eigenvalue weighted by Crippen LogP contribution is 2.29. The lowest BCUT2D eigenvalue weighted by molar-refractivity contribution is -0.00139. The zero-order valence-electron chi connectivity index (χ0n) is 11.3. The number of benzene rings is 1. The molecular formula is C15H22N2O. The lowest BCUT2D eigenvalue weighted by Crippen LogP contribution is -2.55. The van der Waals surface area contributed by atoms with Crippen molar-refractivity contribution < 1.29 is 4.74 Å². The smallest absolute Gasteiger partial charge is 0.119 e. The summed E-state index contributed by atoms with van der Waals surface area (Å²) in [5.74, 6) is 1.02. The number of hydrogen-bond acceptors (Lipinski definition) is 3. The summed E-state index contributed by atoms with van der Waals surface area (Å²) >= 11 is 0. The van der Waals surface area contributed by atoms with Crippen molar-refractivity contribution in [3.63, 3.8) is 0 Å². The number of nitrogens with zero attached hydrogens (tertiary/aromatic N) is 1. The molecule has 1 fully saturated rings. The zero-order chi connectivity index (χ0) is 12.6. The molecule has 0 unspecified atom stereocenters. The van der Waals surface area contributed by atoms with Crippen molar-refractivity contribution in [2.45, 2.75) is 19.9 Å². The first kappa shape index (κ1) is 12.0. The molecule has 1 aromatic carbocycles. The van der Waals surface area contributed by atoms with Gasteiger partial charge in [-0.15, -0.1) is 0 Å². The zero-order valence-corrected chi connectivity index (χ0v) is 11.3. The SMILES string of the molecule is CN1CC(C)(COc2ccc3c(c2)CNCC3)C1. The maximum atomic E-state index is 5.97. The molecule has 1 aromatic rings. The summed E-state index contributed by atoms with van der Waals surface area (Å²) in [5.41, 5.74) is 3.20. The molecule has 0 radical (unpaired) electrons. The fourth-order valence-corrected chi connectivity index (χ4v) is 3.15. The summed E-state index contributed by atoms with van der Waals surface area (Å²) in [7, 11) is 2.16. The Morgan fingerprint density at radius 1 is 1.33 bits per heavy atom. The third-order valence-corrected chi connectivity index (χ3v) is 3.95. The number of fused-ring (bicyclic) bond motifs is 1. The molecule has 0 aliphatic carbocycles. The van der Waals surface area contributed by atoms with E-state index in [1.807, 2.05) is 0 Å². The molecule has 3 rings (SSSR count). The molecular weight excluding hydrogens is 224 g/mol. The molecule has 98 valence electrons. The summed E-state index contributed by atoms with van der Waals surface area (Å²) in [5, 5.41) is 3.41. The second kappa shape index (κ2) is 4.56. The van der Waals surface area contributed by atoms with Gasteiger partial charge < -0.3 is 15.0 Å². The van der Waals surface area contributed by atoms with Crippen molar-refractivity contribution in [3.8, 4) is 5.75 Å². The minimum atomic E-state index is 0.336. The molecule has 2 aliphatic heterocycles. The lowest BCUT2D eigenvalue weighted by atomic mass is 9.83. The van der Waals surface area contributed by atoms with E-state index in [-0.39, 0.29) is 0 Å². The Morgan fingerprint density at radius 3 is 2.94 bits per heavy atom. The van der Waals surface area contributed by atoms with E-state index in [4.69, 9.17) is 4.74 Å². The van der Waals surface area contributed by atoms with Gasteiger partial charge in [0.2, 0.25) is 0 Å². The lowest BCUT2D eigenvalue weighted by Gasteiger charge is -2.45. The predicted octanol–water partition coefficient (Wildman–Crippen LogP) is 1.66. The molecule has 0 spiro atoms. The van der Waals surface area contributed by atoms with Crippen molar-refractivity contribution >= 4 is 0 Å². The summed E-state index contributed by atoms with van der Waals surface area (Å²) in [6.45, 7) is 7.47. The molecule has 1 saturated heterocycles. The van der Waals surface area contributed by atoms with Crippen LogP contribution >= 0.6 is 0 Å². The minimum Gasteiger partial charge on any atom is -0.493 e. The Bertz CT molecular complexity index is 438. The summed E-state index contributed by atoms with van der Waals surface area (Å²) < 4.78 is 5.97. The van der Waals surface area contributed by atoms with Crippen LogP contribution in [0.2, 0.25) is 0 Å². The van der Waals surface area contributed by atoms with Gasteiger partial charge in [0, 0.05) is 25.0 Å². The Labute approximate surface area is 109 Å². The highest BCUT2D eigenvalue weighted by molar-refractivity contribution is 5.37. The van der Waals surface area contributed by atoms with Crippen LogP contribution in [0.25, 0.3) is 0 Å². The molecule has 0 amide bonds. The van der Waals surface area contributed by atoms with Gasteiger partial charge in [0.25, 0.3) is 0 Å². The highest BCUT2D eigenvalue weighted by atomic mass is 16.5. The van der Waals surface area contributed by atoms with Crippen LogP contribution in [0.15, 0.2) is 18.2 Å². The molecule has 18 heavy (non-hydrogen) atoms.